The van der Waals surface area contributed by atoms with Gasteiger partial charge in [0, 0.05) is 17.1 Å². The highest BCUT2D eigenvalue weighted by Crippen LogP contribution is 2.46. The zero-order valence-corrected chi connectivity index (χ0v) is 18.4. The lowest BCUT2D eigenvalue weighted by Crippen LogP contribution is -2.44. The van der Waals surface area contributed by atoms with Crippen molar-refractivity contribution in [2.45, 2.75) is 51.5 Å². The minimum absolute atomic E-state index is 0.220. The van der Waals surface area contributed by atoms with Gasteiger partial charge in [0.05, 0.1) is 12.1 Å². The Balaban J connectivity index is 1.53. The Morgan fingerprint density at radius 1 is 1.23 bits per heavy atom. The lowest BCUT2D eigenvalue weighted by Gasteiger charge is -2.28. The van der Waals surface area contributed by atoms with E-state index in [1.165, 1.54) is 29.5 Å². The summed E-state index contributed by atoms with van der Waals surface area (Å²) in [5.74, 6) is 1.72. The van der Waals surface area contributed by atoms with E-state index in [2.05, 4.69) is 53.6 Å². The van der Waals surface area contributed by atoms with Gasteiger partial charge in [0.1, 0.15) is 5.75 Å². The van der Waals surface area contributed by atoms with Gasteiger partial charge in [0.25, 0.3) is 0 Å². The second-order valence-corrected chi connectivity index (χ2v) is 9.34. The number of para-hydroxylation sites is 1. The van der Waals surface area contributed by atoms with E-state index in [0.29, 0.717) is 18.9 Å². The van der Waals surface area contributed by atoms with E-state index in [4.69, 9.17) is 9.84 Å². The molecule has 0 radical (unpaired) electrons. The van der Waals surface area contributed by atoms with Crippen LogP contribution in [0.15, 0.2) is 54.7 Å². The molecular weight excluding hydrogens is 388 g/mol. The smallest absolute Gasteiger partial charge is 0.405 e. The van der Waals surface area contributed by atoms with E-state index in [0.717, 1.165) is 16.7 Å². The van der Waals surface area contributed by atoms with Crippen LogP contribution >= 0.6 is 0 Å². The number of carbonyl (C=O) groups is 1. The molecule has 1 aliphatic rings. The maximum Gasteiger partial charge on any atom is 0.405 e. The second-order valence-electron chi connectivity index (χ2n) is 9.34. The molecule has 1 amide bonds. The zero-order chi connectivity index (χ0) is 22.0. The predicted molar refractivity (Wildman–Crippen MR) is 124 cm³/mol. The monoisotopic (exact) mass is 418 g/mol. The number of ether oxygens (including phenoxy) is 1. The van der Waals surface area contributed by atoms with Gasteiger partial charge in [-0.05, 0) is 85.9 Å². The molecule has 5 heteroatoms. The second kappa shape index (κ2) is 8.58. The largest absolute Gasteiger partial charge is 0.493 e. The summed E-state index contributed by atoms with van der Waals surface area (Å²) in [6, 6.07) is 16.8. The van der Waals surface area contributed by atoms with E-state index in [1.54, 1.807) is 0 Å². The van der Waals surface area contributed by atoms with Crippen LogP contribution in [0.2, 0.25) is 0 Å². The van der Waals surface area contributed by atoms with Crippen molar-refractivity contribution in [3.63, 3.8) is 0 Å². The highest BCUT2D eigenvalue weighted by Gasteiger charge is 2.28. The number of hydrogen-bond donors (Lipinski definition) is 2. The number of nitrogens with zero attached hydrogens (tertiary/aromatic N) is 1. The number of aromatic nitrogens is 1. The highest BCUT2D eigenvalue weighted by atomic mass is 16.5. The van der Waals surface area contributed by atoms with Gasteiger partial charge in [-0.3, -0.25) is 4.98 Å². The molecule has 1 atom stereocenters. The Labute approximate surface area is 183 Å². The van der Waals surface area contributed by atoms with Crippen molar-refractivity contribution in [1.82, 2.24) is 10.3 Å². The molecule has 0 aliphatic heterocycles. The first-order valence-corrected chi connectivity index (χ1v) is 10.9. The standard InChI is InChI=1S/C26H30N2O3/c1-17(15-26(2,3)28-25(29)30)16-31-24-11-10-19(14-22(24)18-8-9-18)20-12-13-27-23-7-5-4-6-21(20)23/h4-7,10-14,17-18,28H,8-9,15-16H2,1-3H3,(H,29,30). The number of nitrogens with one attached hydrogen (secondary N) is 1. The first-order valence-electron chi connectivity index (χ1n) is 10.9. The summed E-state index contributed by atoms with van der Waals surface area (Å²) in [6.45, 7) is 6.46. The van der Waals surface area contributed by atoms with Crippen molar-refractivity contribution in [2.24, 2.45) is 5.92 Å². The molecular formula is C26H30N2O3. The Hall–Kier alpha value is -3.08. The molecule has 3 aromatic rings. The minimum Gasteiger partial charge on any atom is -0.493 e. The van der Waals surface area contributed by atoms with Crippen LogP contribution in [0.3, 0.4) is 0 Å². The van der Waals surface area contributed by atoms with Gasteiger partial charge < -0.3 is 15.2 Å². The SMILES string of the molecule is CC(COc1ccc(-c2ccnc3ccccc23)cc1C1CC1)CC(C)(C)NC(=O)O. The molecule has 0 saturated heterocycles. The maximum atomic E-state index is 11.0. The van der Waals surface area contributed by atoms with Crippen LogP contribution in [-0.2, 0) is 0 Å². The summed E-state index contributed by atoms with van der Waals surface area (Å²) < 4.78 is 6.24. The van der Waals surface area contributed by atoms with Crippen LogP contribution in [0.1, 0.15) is 51.5 Å². The van der Waals surface area contributed by atoms with Crippen LogP contribution in [0.25, 0.3) is 22.0 Å². The summed E-state index contributed by atoms with van der Waals surface area (Å²) >= 11 is 0. The molecule has 1 aromatic heterocycles. The fraction of sp³-hybridized carbons (Fsp3) is 0.385. The lowest BCUT2D eigenvalue weighted by molar-refractivity contribution is 0.169. The van der Waals surface area contributed by atoms with Gasteiger partial charge in [0.15, 0.2) is 0 Å². The number of benzene rings is 2. The van der Waals surface area contributed by atoms with Crippen LogP contribution in [0.5, 0.6) is 5.75 Å². The molecule has 1 saturated carbocycles. The number of amides is 1. The third kappa shape index (κ3) is 5.16. The molecule has 4 rings (SSSR count). The number of rotatable bonds is 8. The zero-order valence-electron chi connectivity index (χ0n) is 18.4. The minimum atomic E-state index is -0.992. The first kappa shape index (κ1) is 21.2. The van der Waals surface area contributed by atoms with Gasteiger partial charge in [-0.1, -0.05) is 31.2 Å². The van der Waals surface area contributed by atoms with Crippen molar-refractivity contribution in [3.05, 3.63) is 60.3 Å². The van der Waals surface area contributed by atoms with Crippen molar-refractivity contribution < 1.29 is 14.6 Å². The van der Waals surface area contributed by atoms with Gasteiger partial charge in [0.2, 0.25) is 0 Å². The first-order chi connectivity index (χ1) is 14.8. The third-order valence-corrected chi connectivity index (χ3v) is 5.81. The molecule has 1 aliphatic carbocycles. The average molecular weight is 419 g/mol. The van der Waals surface area contributed by atoms with Gasteiger partial charge in [-0.15, -0.1) is 0 Å². The van der Waals surface area contributed by atoms with Gasteiger partial charge >= 0.3 is 6.09 Å². The molecule has 162 valence electrons. The Morgan fingerprint density at radius 2 is 2.00 bits per heavy atom. The molecule has 1 heterocycles. The molecule has 5 nitrogen and oxygen atoms in total. The molecule has 0 spiro atoms. The summed E-state index contributed by atoms with van der Waals surface area (Å²) in [7, 11) is 0. The van der Waals surface area contributed by atoms with Crippen molar-refractivity contribution in [1.29, 1.82) is 0 Å². The number of pyridine rings is 1. The van der Waals surface area contributed by atoms with E-state index >= 15 is 0 Å². The quantitative estimate of drug-likeness (QED) is 0.455. The van der Waals surface area contributed by atoms with Crippen LogP contribution in [-0.4, -0.2) is 28.3 Å². The predicted octanol–water partition coefficient (Wildman–Crippen LogP) is 6.23. The van der Waals surface area contributed by atoms with E-state index < -0.39 is 11.6 Å². The number of hydrogen-bond acceptors (Lipinski definition) is 3. The Bertz CT molecular complexity index is 1080. The molecule has 1 unspecified atom stereocenters. The Morgan fingerprint density at radius 3 is 2.74 bits per heavy atom. The Kier molecular flexibility index (Phi) is 5.86. The summed E-state index contributed by atoms with van der Waals surface area (Å²) in [6.07, 6.45) is 3.98. The van der Waals surface area contributed by atoms with E-state index in [1.807, 2.05) is 32.2 Å². The van der Waals surface area contributed by atoms with Crippen LogP contribution < -0.4 is 10.1 Å². The fourth-order valence-corrected chi connectivity index (χ4v) is 4.41. The molecule has 0 bridgehead atoms. The number of carboxylic acid groups (broad SMARTS) is 1. The third-order valence-electron chi connectivity index (χ3n) is 5.81. The van der Waals surface area contributed by atoms with Crippen molar-refractivity contribution in [3.8, 4) is 16.9 Å². The molecule has 1 fully saturated rings. The number of fused-ring (bicyclic) bond motifs is 1. The van der Waals surface area contributed by atoms with E-state index in [-0.39, 0.29) is 5.92 Å². The highest BCUT2D eigenvalue weighted by molar-refractivity contribution is 5.94. The summed E-state index contributed by atoms with van der Waals surface area (Å²) in [4.78, 5) is 15.5. The van der Waals surface area contributed by atoms with Crippen molar-refractivity contribution in [2.75, 3.05) is 6.61 Å². The molecule has 2 N–H and O–H groups in total. The summed E-state index contributed by atoms with van der Waals surface area (Å²) in [5, 5.41) is 12.8. The van der Waals surface area contributed by atoms with Gasteiger partial charge in [-0.2, -0.15) is 0 Å². The van der Waals surface area contributed by atoms with E-state index in [9.17, 15) is 4.79 Å². The topological polar surface area (TPSA) is 71.5 Å². The lowest BCUT2D eigenvalue weighted by atomic mass is 9.92. The average Bonchev–Trinajstić information content (AvgIpc) is 3.55. The van der Waals surface area contributed by atoms with Crippen molar-refractivity contribution >= 4 is 17.0 Å². The van der Waals surface area contributed by atoms with Crippen LogP contribution in [0.4, 0.5) is 4.79 Å². The molecule has 2 aromatic carbocycles. The van der Waals surface area contributed by atoms with Crippen LogP contribution in [0, 0.1) is 5.92 Å². The summed E-state index contributed by atoms with van der Waals surface area (Å²) in [5.41, 5.74) is 4.16. The molecule has 31 heavy (non-hydrogen) atoms. The van der Waals surface area contributed by atoms with Gasteiger partial charge in [-0.25, -0.2) is 4.79 Å². The maximum absolute atomic E-state index is 11.0. The normalized spacial score (nSPS) is 14.9. The fourth-order valence-electron chi connectivity index (χ4n) is 4.41.